The van der Waals surface area contributed by atoms with Crippen LogP contribution in [0, 0.1) is 17.8 Å². The van der Waals surface area contributed by atoms with Gasteiger partial charge in [-0.25, -0.2) is 0 Å². The molecule has 6 atom stereocenters. The summed E-state index contributed by atoms with van der Waals surface area (Å²) in [7, 11) is 0. The highest BCUT2D eigenvalue weighted by atomic mass is 16.6. The summed E-state index contributed by atoms with van der Waals surface area (Å²) in [5, 5.41) is 30.1. The molecule has 1 unspecified atom stereocenters. The summed E-state index contributed by atoms with van der Waals surface area (Å²) in [6.07, 6.45) is 23.1. The normalized spacial score (nSPS) is 20.4. The summed E-state index contributed by atoms with van der Waals surface area (Å²) in [6, 6.07) is 0. The highest BCUT2D eigenvalue weighted by Gasteiger charge is 2.39. The number of aliphatic hydroxyl groups is 3. The first kappa shape index (κ1) is 42.0. The van der Waals surface area contributed by atoms with Gasteiger partial charge in [0, 0.05) is 31.1 Å². The van der Waals surface area contributed by atoms with E-state index in [2.05, 4.69) is 20.8 Å². The number of carbonyl (C=O) groups excluding carboxylic acids is 3. The second-order valence-electron chi connectivity index (χ2n) is 13.3. The highest BCUT2D eigenvalue weighted by molar-refractivity contribution is 5.84. The van der Waals surface area contributed by atoms with Crippen molar-refractivity contribution in [2.75, 3.05) is 13.2 Å². The molecule has 0 saturated heterocycles. The van der Waals surface area contributed by atoms with Gasteiger partial charge in [0.15, 0.2) is 6.10 Å². The van der Waals surface area contributed by atoms with Crippen LogP contribution in [0.5, 0.6) is 0 Å². The number of carbonyl (C=O) groups is 3. The summed E-state index contributed by atoms with van der Waals surface area (Å²) in [6.45, 7) is 6.12. The second kappa shape index (κ2) is 27.0. The molecule has 0 spiro atoms. The maximum absolute atomic E-state index is 12.4. The van der Waals surface area contributed by atoms with Crippen molar-refractivity contribution in [3.8, 4) is 0 Å². The molecule has 0 bridgehead atoms. The third-order valence-electron chi connectivity index (χ3n) is 9.16. The van der Waals surface area contributed by atoms with Crippen LogP contribution in [-0.2, 0) is 23.9 Å². The molecule has 0 radical (unpaired) electrons. The first-order chi connectivity index (χ1) is 22.2. The van der Waals surface area contributed by atoms with E-state index in [4.69, 9.17) is 9.47 Å². The van der Waals surface area contributed by atoms with Crippen LogP contribution in [0.15, 0.2) is 24.3 Å². The van der Waals surface area contributed by atoms with E-state index in [1.807, 2.05) is 12.2 Å². The van der Waals surface area contributed by atoms with Crippen molar-refractivity contribution in [2.45, 2.75) is 167 Å². The molecule has 1 fully saturated rings. The maximum Gasteiger partial charge on any atom is 0.306 e. The van der Waals surface area contributed by atoms with Gasteiger partial charge in [0.25, 0.3) is 0 Å². The smallest absolute Gasteiger partial charge is 0.306 e. The summed E-state index contributed by atoms with van der Waals surface area (Å²) in [5.74, 6) is -0.541. The van der Waals surface area contributed by atoms with E-state index in [1.54, 1.807) is 12.2 Å². The molecule has 0 heterocycles. The van der Waals surface area contributed by atoms with Gasteiger partial charge >= 0.3 is 11.9 Å². The molecule has 0 amide bonds. The lowest BCUT2D eigenvalue weighted by Crippen LogP contribution is -2.28. The van der Waals surface area contributed by atoms with Gasteiger partial charge in [0.05, 0.1) is 18.8 Å². The molecule has 0 aliphatic heterocycles. The monoisotopic (exact) mass is 650 g/mol. The number of aliphatic hydroxyl groups excluding tert-OH is 3. The molecule has 1 rings (SSSR count). The third kappa shape index (κ3) is 20.3. The van der Waals surface area contributed by atoms with Crippen LogP contribution < -0.4 is 0 Å². The molecule has 1 saturated carbocycles. The first-order valence-corrected chi connectivity index (χ1v) is 18.4. The van der Waals surface area contributed by atoms with Gasteiger partial charge in [-0.1, -0.05) is 122 Å². The van der Waals surface area contributed by atoms with Crippen molar-refractivity contribution >= 4 is 17.7 Å². The van der Waals surface area contributed by atoms with Gasteiger partial charge in [0.1, 0.15) is 12.4 Å². The van der Waals surface area contributed by atoms with Crippen molar-refractivity contribution in [1.29, 1.82) is 0 Å². The Morgan fingerprint density at radius 2 is 1.54 bits per heavy atom. The Kier molecular flexibility index (Phi) is 24.6. The van der Waals surface area contributed by atoms with Gasteiger partial charge in [-0.05, 0) is 38.0 Å². The van der Waals surface area contributed by atoms with Gasteiger partial charge < -0.3 is 24.8 Å². The molecule has 1 aliphatic rings. The van der Waals surface area contributed by atoms with E-state index >= 15 is 0 Å². The van der Waals surface area contributed by atoms with Crippen LogP contribution in [0.25, 0.3) is 0 Å². The van der Waals surface area contributed by atoms with Gasteiger partial charge in [-0.15, -0.1) is 0 Å². The topological polar surface area (TPSA) is 130 Å². The Morgan fingerprint density at radius 3 is 2.22 bits per heavy atom. The second-order valence-corrected chi connectivity index (χ2v) is 13.3. The van der Waals surface area contributed by atoms with Gasteiger partial charge in [0.2, 0.25) is 0 Å². The lowest BCUT2D eigenvalue weighted by molar-refractivity contribution is -0.161. The quantitative estimate of drug-likeness (QED) is 0.0449. The van der Waals surface area contributed by atoms with E-state index in [1.165, 1.54) is 44.9 Å². The summed E-state index contributed by atoms with van der Waals surface area (Å²) in [4.78, 5) is 36.7. The maximum atomic E-state index is 12.4. The van der Waals surface area contributed by atoms with Crippen molar-refractivity contribution in [2.24, 2.45) is 17.8 Å². The van der Waals surface area contributed by atoms with E-state index in [9.17, 15) is 29.7 Å². The predicted molar refractivity (Wildman–Crippen MR) is 183 cm³/mol. The minimum atomic E-state index is -0.856. The van der Waals surface area contributed by atoms with Crippen molar-refractivity contribution in [3.05, 3.63) is 24.3 Å². The molecule has 0 aromatic rings. The Balaban J connectivity index is 2.18. The van der Waals surface area contributed by atoms with E-state index in [0.717, 1.165) is 44.4 Å². The molecule has 3 N–H and O–H groups in total. The number of esters is 2. The summed E-state index contributed by atoms with van der Waals surface area (Å²) in [5.41, 5.74) is 0. The van der Waals surface area contributed by atoms with Crippen LogP contribution in [0.2, 0.25) is 0 Å². The number of hydrogen-bond acceptors (Lipinski definition) is 8. The lowest BCUT2D eigenvalue weighted by Gasteiger charge is -2.16. The fourth-order valence-corrected chi connectivity index (χ4v) is 5.86. The Bertz CT molecular complexity index is 869. The molecule has 8 heteroatoms. The minimum absolute atomic E-state index is 0.0311. The van der Waals surface area contributed by atoms with E-state index in [0.29, 0.717) is 32.1 Å². The molecular formula is C38H66O8. The van der Waals surface area contributed by atoms with Crippen molar-refractivity contribution in [3.63, 3.8) is 0 Å². The first-order valence-electron chi connectivity index (χ1n) is 18.4. The third-order valence-corrected chi connectivity index (χ3v) is 9.16. The fourth-order valence-electron chi connectivity index (χ4n) is 5.86. The highest BCUT2D eigenvalue weighted by Crippen LogP contribution is 2.33. The summed E-state index contributed by atoms with van der Waals surface area (Å²) < 4.78 is 10.5. The number of hydrogen-bond donors (Lipinski definition) is 3. The Hall–Kier alpha value is -2.03. The standard InChI is InChI=1S/C38H66O8/c1-4-6-15-21-31(40)25-26-34-33(35(41)27-36(34)42)22-17-13-14-18-23-37(43)45-29-32(28-39)46-38(44)24-19-12-10-8-7-9-11-16-20-30(3)5-2/h13,17,25-26,30-34,36,39-40,42H,4-12,14-16,18-24,27-29H2,1-3H3/b17-13-,26-25+/t30?,31-,32-,33+,34+,36+/m0/s1. The van der Waals surface area contributed by atoms with Crippen LogP contribution in [0.1, 0.15) is 149 Å². The zero-order chi connectivity index (χ0) is 34.0. The Labute approximate surface area is 279 Å². The average Bonchev–Trinajstić information content (AvgIpc) is 3.31. The molecular weight excluding hydrogens is 584 g/mol. The van der Waals surface area contributed by atoms with Crippen molar-refractivity contribution < 1.29 is 39.2 Å². The zero-order valence-electron chi connectivity index (χ0n) is 29.2. The summed E-state index contributed by atoms with van der Waals surface area (Å²) >= 11 is 0. The molecule has 0 aromatic heterocycles. The number of allylic oxidation sites excluding steroid dienone is 2. The molecule has 266 valence electrons. The van der Waals surface area contributed by atoms with Gasteiger partial charge in [-0.2, -0.15) is 0 Å². The van der Waals surface area contributed by atoms with Crippen LogP contribution in [0.4, 0.5) is 0 Å². The average molecular weight is 651 g/mol. The molecule has 0 aromatic carbocycles. The minimum Gasteiger partial charge on any atom is -0.462 e. The SMILES string of the molecule is CCCCC[C@H](O)/C=C/[C@H]1[C@H](O)CC(=O)[C@@H]1C/C=C\CCCC(=O)OC[C@H](CO)OC(=O)CCCCCCCCCCC(C)CC. The Morgan fingerprint density at radius 1 is 0.891 bits per heavy atom. The fraction of sp³-hybridized carbons (Fsp3) is 0.816. The number of Topliss-reactive ketones (excluding diaryl/α,β-unsaturated/α-hetero) is 1. The molecule has 46 heavy (non-hydrogen) atoms. The van der Waals surface area contributed by atoms with E-state index in [-0.39, 0.29) is 43.0 Å². The predicted octanol–water partition coefficient (Wildman–Crippen LogP) is 7.56. The molecule has 8 nitrogen and oxygen atoms in total. The van der Waals surface area contributed by atoms with Crippen molar-refractivity contribution in [1.82, 2.24) is 0 Å². The van der Waals surface area contributed by atoms with Crippen LogP contribution >= 0.6 is 0 Å². The number of ketones is 1. The molecule has 1 aliphatic carbocycles. The van der Waals surface area contributed by atoms with E-state index < -0.39 is 30.9 Å². The van der Waals surface area contributed by atoms with Gasteiger partial charge in [-0.3, -0.25) is 14.4 Å². The number of rotatable bonds is 28. The lowest BCUT2D eigenvalue weighted by atomic mass is 9.90. The largest absolute Gasteiger partial charge is 0.462 e. The number of unbranched alkanes of at least 4 members (excludes halogenated alkanes) is 10. The van der Waals surface area contributed by atoms with Crippen LogP contribution in [0.3, 0.4) is 0 Å². The zero-order valence-corrected chi connectivity index (χ0v) is 29.2. The number of ether oxygens (including phenoxy) is 2. The van der Waals surface area contributed by atoms with Crippen LogP contribution in [-0.4, -0.2) is 64.6 Å².